The van der Waals surface area contributed by atoms with E-state index in [-0.39, 0.29) is 0 Å². The highest BCUT2D eigenvalue weighted by atomic mass is 15.2. The lowest BCUT2D eigenvalue weighted by atomic mass is 9.76. The van der Waals surface area contributed by atoms with Gasteiger partial charge in [0.05, 0.1) is 0 Å². The molecule has 1 heterocycles. The summed E-state index contributed by atoms with van der Waals surface area (Å²) in [6.45, 7) is 12.3. The molecule has 0 aromatic carbocycles. The van der Waals surface area contributed by atoms with E-state index in [2.05, 4.69) is 45.0 Å². The fourth-order valence-electron chi connectivity index (χ4n) is 4.15. The first-order chi connectivity index (χ1) is 9.34. The van der Waals surface area contributed by atoms with Crippen LogP contribution in [-0.4, -0.2) is 36.6 Å². The van der Waals surface area contributed by atoms with Crippen molar-refractivity contribution in [3.63, 3.8) is 0 Å². The Bertz CT molecular complexity index is 297. The molecule has 1 N–H and O–H groups in total. The monoisotopic (exact) mass is 280 g/mol. The van der Waals surface area contributed by atoms with Crippen LogP contribution in [0, 0.1) is 11.3 Å². The number of rotatable bonds is 2. The lowest BCUT2D eigenvalue weighted by molar-refractivity contribution is 0.0994. The molecule has 1 aliphatic carbocycles. The summed E-state index contributed by atoms with van der Waals surface area (Å²) in [4.78, 5) is 2.80. The van der Waals surface area contributed by atoms with Crippen LogP contribution in [0.1, 0.15) is 72.6 Å². The molecule has 0 spiro atoms. The third kappa shape index (κ3) is 3.98. The summed E-state index contributed by atoms with van der Waals surface area (Å²) in [5, 5.41) is 3.52. The first kappa shape index (κ1) is 16.3. The molecule has 1 saturated heterocycles. The fraction of sp³-hybridized carbons (Fsp3) is 1.00. The summed E-state index contributed by atoms with van der Waals surface area (Å²) in [7, 11) is 2.12. The quantitative estimate of drug-likeness (QED) is 0.768. The molecule has 0 aromatic heterocycles. The summed E-state index contributed by atoms with van der Waals surface area (Å²) in [6, 6.07) is 0.865. The molecule has 2 fully saturated rings. The highest BCUT2D eigenvalue weighted by molar-refractivity contribution is 4.91. The molecular formula is C18H36N2. The van der Waals surface area contributed by atoms with Crippen LogP contribution in [0.2, 0.25) is 0 Å². The van der Waals surface area contributed by atoms with E-state index in [9.17, 15) is 0 Å². The van der Waals surface area contributed by atoms with E-state index in [4.69, 9.17) is 0 Å². The maximum Gasteiger partial charge on any atom is 0.0174 e. The summed E-state index contributed by atoms with van der Waals surface area (Å²) in [6.07, 6.45) is 9.80. The van der Waals surface area contributed by atoms with Crippen LogP contribution in [-0.2, 0) is 0 Å². The van der Waals surface area contributed by atoms with E-state index in [1.54, 1.807) is 0 Å². The van der Waals surface area contributed by atoms with E-state index < -0.39 is 0 Å². The largest absolute Gasteiger partial charge is 0.314 e. The Morgan fingerprint density at radius 2 is 1.65 bits per heavy atom. The minimum Gasteiger partial charge on any atom is -0.314 e. The first-order valence-electron chi connectivity index (χ1n) is 8.77. The minimum atomic E-state index is 0.384. The summed E-state index contributed by atoms with van der Waals surface area (Å²) in [5.41, 5.74) is 0.886. The topological polar surface area (TPSA) is 15.3 Å². The van der Waals surface area contributed by atoms with Crippen molar-refractivity contribution in [2.75, 3.05) is 20.1 Å². The number of likely N-dealkylation sites (tertiary alicyclic amines) is 1. The summed E-state index contributed by atoms with van der Waals surface area (Å²) in [5.74, 6) is 0.930. The summed E-state index contributed by atoms with van der Waals surface area (Å²) < 4.78 is 0. The molecular weight excluding hydrogens is 244 g/mol. The van der Waals surface area contributed by atoms with Gasteiger partial charge in [0.2, 0.25) is 0 Å². The van der Waals surface area contributed by atoms with Crippen molar-refractivity contribution in [1.82, 2.24) is 10.2 Å². The molecule has 0 bridgehead atoms. The van der Waals surface area contributed by atoms with Gasteiger partial charge < -0.3 is 10.2 Å². The molecule has 2 heteroatoms. The molecule has 2 rings (SSSR count). The number of hydrogen-bond donors (Lipinski definition) is 1. The lowest BCUT2D eigenvalue weighted by Gasteiger charge is -2.42. The van der Waals surface area contributed by atoms with Gasteiger partial charge in [-0.1, -0.05) is 27.2 Å². The number of piperidine rings is 1. The third-order valence-electron chi connectivity index (χ3n) is 6.18. The van der Waals surface area contributed by atoms with E-state index in [1.165, 1.54) is 58.0 Å². The van der Waals surface area contributed by atoms with E-state index in [1.807, 2.05) is 0 Å². The normalized spacial score (nSPS) is 32.9. The zero-order valence-electron chi connectivity index (χ0n) is 14.5. The molecule has 2 nitrogen and oxygen atoms in total. The smallest absolute Gasteiger partial charge is 0.0174 e. The maximum absolute atomic E-state index is 3.52. The Morgan fingerprint density at radius 1 is 1.00 bits per heavy atom. The molecule has 1 saturated carbocycles. The van der Waals surface area contributed by atoms with Gasteiger partial charge in [-0.15, -0.1) is 0 Å². The average Bonchev–Trinajstić information content (AvgIpc) is 2.65. The van der Waals surface area contributed by atoms with Crippen LogP contribution in [0.3, 0.4) is 0 Å². The maximum atomic E-state index is 3.52. The molecule has 2 unspecified atom stereocenters. The molecule has 2 atom stereocenters. The van der Waals surface area contributed by atoms with Crippen LogP contribution < -0.4 is 5.32 Å². The highest BCUT2D eigenvalue weighted by Crippen LogP contribution is 2.38. The van der Waals surface area contributed by atoms with E-state index >= 15 is 0 Å². The van der Waals surface area contributed by atoms with Gasteiger partial charge in [0.25, 0.3) is 0 Å². The van der Waals surface area contributed by atoms with Gasteiger partial charge in [-0.2, -0.15) is 0 Å². The van der Waals surface area contributed by atoms with Gasteiger partial charge in [-0.25, -0.2) is 0 Å². The molecule has 20 heavy (non-hydrogen) atoms. The van der Waals surface area contributed by atoms with Crippen molar-refractivity contribution in [3.05, 3.63) is 0 Å². The number of hydrogen-bond acceptors (Lipinski definition) is 2. The lowest BCUT2D eigenvalue weighted by Crippen LogP contribution is -2.52. The Morgan fingerprint density at radius 3 is 2.20 bits per heavy atom. The van der Waals surface area contributed by atoms with Crippen molar-refractivity contribution in [3.8, 4) is 0 Å². The van der Waals surface area contributed by atoms with Gasteiger partial charge in [0.1, 0.15) is 0 Å². The van der Waals surface area contributed by atoms with Gasteiger partial charge in [0, 0.05) is 24.7 Å². The second kappa shape index (κ2) is 6.36. The number of nitrogens with one attached hydrogen (secondary N) is 1. The Kier molecular flexibility index (Phi) is 5.18. The van der Waals surface area contributed by atoms with Crippen LogP contribution in [0.5, 0.6) is 0 Å². The van der Waals surface area contributed by atoms with Crippen molar-refractivity contribution >= 4 is 0 Å². The second-order valence-electron chi connectivity index (χ2n) is 8.57. The zero-order chi connectivity index (χ0) is 14.8. The first-order valence-corrected chi connectivity index (χ1v) is 8.77. The molecule has 1 aliphatic heterocycles. The van der Waals surface area contributed by atoms with Gasteiger partial charge in [-0.3, -0.25) is 0 Å². The average molecular weight is 280 g/mol. The Balaban J connectivity index is 1.86. The molecule has 0 radical (unpaired) electrons. The molecule has 0 amide bonds. The Hall–Kier alpha value is -0.0800. The molecule has 2 aliphatic rings. The predicted octanol–water partition coefficient (Wildman–Crippen LogP) is 4.06. The van der Waals surface area contributed by atoms with Crippen molar-refractivity contribution < 1.29 is 0 Å². The van der Waals surface area contributed by atoms with Crippen LogP contribution in [0.25, 0.3) is 0 Å². The van der Waals surface area contributed by atoms with Crippen LogP contribution in [0.4, 0.5) is 0 Å². The van der Waals surface area contributed by atoms with Crippen molar-refractivity contribution in [1.29, 1.82) is 0 Å². The van der Waals surface area contributed by atoms with E-state index in [0.717, 1.165) is 12.0 Å². The van der Waals surface area contributed by atoms with Gasteiger partial charge >= 0.3 is 0 Å². The second-order valence-corrected chi connectivity index (χ2v) is 8.57. The summed E-state index contributed by atoms with van der Waals surface area (Å²) >= 11 is 0. The SMILES string of the molecule is CNC1(C)CCN(C2CCCC(C(C)(C)C)CC2)CC1. The van der Waals surface area contributed by atoms with Crippen LogP contribution >= 0.6 is 0 Å². The zero-order valence-corrected chi connectivity index (χ0v) is 14.5. The fourth-order valence-corrected chi connectivity index (χ4v) is 4.15. The van der Waals surface area contributed by atoms with Crippen LogP contribution in [0.15, 0.2) is 0 Å². The number of nitrogens with zero attached hydrogens (tertiary/aromatic N) is 1. The van der Waals surface area contributed by atoms with Gasteiger partial charge in [-0.05, 0) is 63.8 Å². The predicted molar refractivity (Wildman–Crippen MR) is 88.1 cm³/mol. The van der Waals surface area contributed by atoms with E-state index in [0.29, 0.717) is 11.0 Å². The van der Waals surface area contributed by atoms with Crippen molar-refractivity contribution in [2.24, 2.45) is 11.3 Å². The molecule has 0 aromatic rings. The van der Waals surface area contributed by atoms with Gasteiger partial charge in [0.15, 0.2) is 0 Å². The Labute approximate surface area is 126 Å². The highest BCUT2D eigenvalue weighted by Gasteiger charge is 2.34. The molecule has 118 valence electrons. The minimum absolute atomic E-state index is 0.384. The standard InChI is InChI=1S/C18H36N2/c1-17(2,3)15-7-6-8-16(10-9-15)20-13-11-18(4,19-5)12-14-20/h15-16,19H,6-14H2,1-5H3. The van der Waals surface area contributed by atoms with Crippen molar-refractivity contribution in [2.45, 2.75) is 84.2 Å². The third-order valence-corrected chi connectivity index (χ3v) is 6.18.